The predicted octanol–water partition coefficient (Wildman–Crippen LogP) is 0.856. The first-order valence-electron chi connectivity index (χ1n) is 2.91. The molecule has 1 rings (SSSR count). The highest BCUT2D eigenvalue weighted by Gasteiger charge is 2.05. The second-order valence-electron chi connectivity index (χ2n) is 1.86. The van der Waals surface area contributed by atoms with Crippen LogP contribution in [0.1, 0.15) is 12.8 Å². The van der Waals surface area contributed by atoms with Gasteiger partial charge in [-0.2, -0.15) is 0 Å². The van der Waals surface area contributed by atoms with Crippen molar-refractivity contribution in [1.29, 1.82) is 0 Å². The minimum atomic E-state index is 0.250. The Balaban J connectivity index is 2.27. The van der Waals surface area contributed by atoms with Gasteiger partial charge in [0.15, 0.2) is 0 Å². The zero-order valence-corrected chi connectivity index (χ0v) is 5.05. The summed E-state index contributed by atoms with van der Waals surface area (Å²) in [7, 11) is 1.91. The highest BCUT2D eigenvalue weighted by Crippen LogP contribution is 2.05. The lowest BCUT2D eigenvalue weighted by Crippen LogP contribution is -2.27. The van der Waals surface area contributed by atoms with Crippen molar-refractivity contribution in [2.75, 3.05) is 7.05 Å². The van der Waals surface area contributed by atoms with Gasteiger partial charge in [0.1, 0.15) is 6.23 Å². The van der Waals surface area contributed by atoms with Crippen LogP contribution in [-0.4, -0.2) is 13.3 Å². The lowest BCUT2D eigenvalue weighted by atomic mass is 10.2. The van der Waals surface area contributed by atoms with Crippen LogP contribution >= 0.6 is 0 Å². The van der Waals surface area contributed by atoms with Gasteiger partial charge < -0.3 is 4.74 Å². The van der Waals surface area contributed by atoms with Gasteiger partial charge in [-0.25, -0.2) is 0 Å². The Kier molecular flexibility index (Phi) is 1.92. The van der Waals surface area contributed by atoms with E-state index in [4.69, 9.17) is 4.74 Å². The van der Waals surface area contributed by atoms with Crippen molar-refractivity contribution in [2.24, 2.45) is 0 Å². The van der Waals surface area contributed by atoms with Crippen molar-refractivity contribution in [3.8, 4) is 0 Å². The molecule has 0 spiro atoms. The van der Waals surface area contributed by atoms with E-state index in [1.54, 1.807) is 6.26 Å². The summed E-state index contributed by atoms with van der Waals surface area (Å²) in [6.07, 6.45) is 6.26. The first-order chi connectivity index (χ1) is 3.93. The third-order valence-electron chi connectivity index (χ3n) is 1.26. The van der Waals surface area contributed by atoms with Crippen LogP contribution in [0.4, 0.5) is 0 Å². The molecule has 0 aromatic rings. The second-order valence-corrected chi connectivity index (χ2v) is 1.86. The van der Waals surface area contributed by atoms with Gasteiger partial charge in [-0.3, -0.25) is 5.32 Å². The molecule has 0 saturated heterocycles. The molecule has 1 N–H and O–H groups in total. The van der Waals surface area contributed by atoms with Crippen molar-refractivity contribution >= 4 is 0 Å². The molecule has 1 aliphatic heterocycles. The normalized spacial score (nSPS) is 27.4. The first kappa shape index (κ1) is 5.63. The lowest BCUT2D eigenvalue weighted by Gasteiger charge is -2.17. The predicted molar refractivity (Wildman–Crippen MR) is 32.3 cm³/mol. The Morgan fingerprint density at radius 3 is 3.00 bits per heavy atom. The van der Waals surface area contributed by atoms with Gasteiger partial charge in [-0.1, -0.05) is 0 Å². The Morgan fingerprint density at radius 1 is 1.75 bits per heavy atom. The van der Waals surface area contributed by atoms with Crippen LogP contribution in [-0.2, 0) is 4.74 Å². The van der Waals surface area contributed by atoms with Gasteiger partial charge in [-0.15, -0.1) is 0 Å². The van der Waals surface area contributed by atoms with Crippen LogP contribution in [0.5, 0.6) is 0 Å². The van der Waals surface area contributed by atoms with Crippen LogP contribution in [0.2, 0.25) is 0 Å². The monoisotopic (exact) mass is 113 g/mol. The molecule has 0 unspecified atom stereocenters. The molecule has 0 aliphatic carbocycles. The minimum absolute atomic E-state index is 0.250. The minimum Gasteiger partial charge on any atom is -0.483 e. The molecule has 1 aliphatic rings. The molecule has 0 aromatic carbocycles. The van der Waals surface area contributed by atoms with Crippen molar-refractivity contribution in [2.45, 2.75) is 19.1 Å². The van der Waals surface area contributed by atoms with Gasteiger partial charge in [0, 0.05) is 6.42 Å². The highest BCUT2D eigenvalue weighted by molar-refractivity contribution is 4.80. The largest absolute Gasteiger partial charge is 0.483 e. The quantitative estimate of drug-likeness (QED) is 0.544. The summed E-state index contributed by atoms with van der Waals surface area (Å²) in [4.78, 5) is 0. The molecule has 0 aromatic heterocycles. The Bertz CT molecular complexity index is 90.5. The molecule has 0 amide bonds. The molecule has 0 saturated carbocycles. The molecule has 2 nitrogen and oxygen atoms in total. The number of rotatable bonds is 1. The van der Waals surface area contributed by atoms with E-state index in [1.165, 1.54) is 0 Å². The van der Waals surface area contributed by atoms with E-state index in [-0.39, 0.29) is 6.23 Å². The average molecular weight is 113 g/mol. The summed E-state index contributed by atoms with van der Waals surface area (Å²) >= 11 is 0. The number of nitrogens with one attached hydrogen (secondary N) is 1. The maximum Gasteiger partial charge on any atom is 0.149 e. The van der Waals surface area contributed by atoms with Crippen LogP contribution in [0.15, 0.2) is 12.3 Å². The first-order valence-corrected chi connectivity index (χ1v) is 2.91. The summed E-state index contributed by atoms with van der Waals surface area (Å²) in [5.74, 6) is 0. The molecule has 1 heterocycles. The van der Waals surface area contributed by atoms with Gasteiger partial charge in [0.2, 0.25) is 0 Å². The molecule has 1 atom stereocenters. The number of allylic oxidation sites excluding steroid dienone is 1. The van der Waals surface area contributed by atoms with Crippen LogP contribution in [0.3, 0.4) is 0 Å². The highest BCUT2D eigenvalue weighted by atomic mass is 16.5. The Hall–Kier alpha value is -0.500. The van der Waals surface area contributed by atoms with Gasteiger partial charge in [0.25, 0.3) is 0 Å². The fourth-order valence-corrected chi connectivity index (χ4v) is 0.746. The lowest BCUT2D eigenvalue weighted by molar-refractivity contribution is 0.100. The summed E-state index contributed by atoms with van der Waals surface area (Å²) < 4.78 is 5.14. The topological polar surface area (TPSA) is 21.3 Å². The van der Waals surface area contributed by atoms with Crippen molar-refractivity contribution in [3.63, 3.8) is 0 Å². The maximum atomic E-state index is 5.14. The molecule has 8 heavy (non-hydrogen) atoms. The number of hydrogen-bond acceptors (Lipinski definition) is 2. The van der Waals surface area contributed by atoms with E-state index < -0.39 is 0 Å². The van der Waals surface area contributed by atoms with E-state index in [2.05, 4.69) is 5.32 Å². The van der Waals surface area contributed by atoms with E-state index in [9.17, 15) is 0 Å². The number of ether oxygens (including phenoxy) is 1. The molecule has 0 radical (unpaired) electrons. The number of hydrogen-bond donors (Lipinski definition) is 1. The van der Waals surface area contributed by atoms with Crippen molar-refractivity contribution in [1.82, 2.24) is 5.32 Å². The zero-order chi connectivity index (χ0) is 5.82. The summed E-state index contributed by atoms with van der Waals surface area (Å²) in [6.45, 7) is 0. The third-order valence-corrected chi connectivity index (χ3v) is 1.26. The molecule has 2 heteroatoms. The average Bonchev–Trinajstić information content (AvgIpc) is 1.90. The fraction of sp³-hybridized carbons (Fsp3) is 0.667. The summed E-state index contributed by atoms with van der Waals surface area (Å²) in [6, 6.07) is 0. The summed E-state index contributed by atoms with van der Waals surface area (Å²) in [5.41, 5.74) is 0. The smallest absolute Gasteiger partial charge is 0.149 e. The fourth-order valence-electron chi connectivity index (χ4n) is 0.746. The van der Waals surface area contributed by atoms with E-state index in [1.807, 2.05) is 13.1 Å². The molecule has 0 bridgehead atoms. The van der Waals surface area contributed by atoms with E-state index in [0.717, 1.165) is 12.8 Å². The van der Waals surface area contributed by atoms with Crippen molar-refractivity contribution in [3.05, 3.63) is 12.3 Å². The van der Waals surface area contributed by atoms with Gasteiger partial charge in [0.05, 0.1) is 6.26 Å². The molecular weight excluding hydrogens is 102 g/mol. The Labute approximate surface area is 49.5 Å². The maximum absolute atomic E-state index is 5.14. The van der Waals surface area contributed by atoms with Crippen LogP contribution < -0.4 is 5.32 Å². The van der Waals surface area contributed by atoms with Crippen LogP contribution in [0, 0.1) is 0 Å². The molecule has 46 valence electrons. The van der Waals surface area contributed by atoms with E-state index in [0.29, 0.717) is 0 Å². The molecular formula is C6H11NO. The summed E-state index contributed by atoms with van der Waals surface area (Å²) in [5, 5.41) is 3.03. The third kappa shape index (κ3) is 1.23. The van der Waals surface area contributed by atoms with Gasteiger partial charge in [-0.05, 0) is 19.5 Å². The molecule has 0 fully saturated rings. The Morgan fingerprint density at radius 2 is 2.62 bits per heavy atom. The SMILES string of the molecule is CN[C@@H]1CCC=CO1. The van der Waals surface area contributed by atoms with Crippen LogP contribution in [0.25, 0.3) is 0 Å². The second kappa shape index (κ2) is 2.72. The van der Waals surface area contributed by atoms with Gasteiger partial charge >= 0.3 is 0 Å². The standard InChI is InChI=1S/C6H11NO/c1-7-6-4-2-3-5-8-6/h3,5-7H,2,4H2,1H3/t6-/m0/s1. The van der Waals surface area contributed by atoms with Crippen molar-refractivity contribution < 1.29 is 4.74 Å². The zero-order valence-electron chi connectivity index (χ0n) is 5.05. The van der Waals surface area contributed by atoms with E-state index >= 15 is 0 Å².